The Bertz CT molecular complexity index is 555. The van der Waals surface area contributed by atoms with Gasteiger partial charge < -0.3 is 14.5 Å². The largest absolute Gasteiger partial charge is 0.447 e. The average molecular weight is 316 g/mol. The summed E-state index contributed by atoms with van der Waals surface area (Å²) >= 11 is 0. The van der Waals surface area contributed by atoms with E-state index in [1.54, 1.807) is 23.5 Å². The van der Waals surface area contributed by atoms with Gasteiger partial charge in [-0.1, -0.05) is 6.92 Å². The highest BCUT2D eigenvalue weighted by molar-refractivity contribution is 7.89. The molecular formula is C14H24N2O4S. The molecule has 120 valence electrons. The van der Waals surface area contributed by atoms with Crippen LogP contribution in [0.1, 0.15) is 26.0 Å². The Morgan fingerprint density at radius 2 is 2.19 bits per heavy atom. The molecule has 0 saturated carbocycles. The number of rotatable bonds is 7. The summed E-state index contributed by atoms with van der Waals surface area (Å²) in [5.74, 6) is 1.00. The first-order valence-corrected chi connectivity index (χ1v) is 8.69. The van der Waals surface area contributed by atoms with Crippen molar-refractivity contribution in [1.29, 1.82) is 0 Å². The number of nitrogens with zero attached hydrogens (tertiary/aromatic N) is 1. The molecule has 1 aliphatic heterocycles. The Balaban J connectivity index is 2.02. The summed E-state index contributed by atoms with van der Waals surface area (Å²) in [5, 5.41) is 3.16. The predicted octanol–water partition coefficient (Wildman–Crippen LogP) is 1.43. The minimum atomic E-state index is -3.52. The maximum Gasteiger partial charge on any atom is 0.276 e. The highest BCUT2D eigenvalue weighted by Crippen LogP contribution is 2.29. The third-order valence-corrected chi connectivity index (χ3v) is 5.56. The molecule has 0 aromatic carbocycles. The number of ether oxygens (including phenoxy) is 1. The Labute approximate surface area is 126 Å². The molecule has 0 aliphatic carbocycles. The van der Waals surface area contributed by atoms with E-state index in [0.717, 1.165) is 6.42 Å². The molecule has 1 saturated heterocycles. The van der Waals surface area contributed by atoms with E-state index in [1.165, 1.54) is 0 Å². The van der Waals surface area contributed by atoms with E-state index < -0.39 is 10.0 Å². The minimum absolute atomic E-state index is 0.0263. The first-order chi connectivity index (χ1) is 9.95. The highest BCUT2D eigenvalue weighted by Gasteiger charge is 2.37. The summed E-state index contributed by atoms with van der Waals surface area (Å²) in [7, 11) is -1.88. The Hall–Kier alpha value is -0.890. The Morgan fingerprint density at radius 3 is 2.81 bits per heavy atom. The molecule has 1 N–H and O–H groups in total. The van der Waals surface area contributed by atoms with E-state index >= 15 is 0 Å². The van der Waals surface area contributed by atoms with Gasteiger partial charge >= 0.3 is 0 Å². The maximum atomic E-state index is 12.6. The quantitative estimate of drug-likeness (QED) is 0.771. The van der Waals surface area contributed by atoms with Crippen LogP contribution >= 0.6 is 0 Å². The van der Waals surface area contributed by atoms with Gasteiger partial charge in [0, 0.05) is 26.2 Å². The molecule has 7 heteroatoms. The van der Waals surface area contributed by atoms with Crippen molar-refractivity contribution >= 4 is 10.0 Å². The zero-order valence-corrected chi connectivity index (χ0v) is 13.6. The first kappa shape index (κ1) is 16.5. The molecular weight excluding hydrogens is 292 g/mol. The second kappa shape index (κ2) is 6.91. The lowest BCUT2D eigenvalue weighted by atomic mass is 10.1. The standard InChI is InChI=1S/C14H24N2O4S/c1-11-8-12(2)16(10-11)21(17,18)14-5-4-13(20-14)9-15-6-7-19-3/h4-5,11-12,15H,6-10H2,1-3H3. The van der Waals surface area contributed by atoms with Crippen molar-refractivity contribution in [3.63, 3.8) is 0 Å². The SMILES string of the molecule is COCCNCc1ccc(S(=O)(=O)N2CC(C)CC2C)o1. The highest BCUT2D eigenvalue weighted by atomic mass is 32.2. The van der Waals surface area contributed by atoms with Gasteiger partial charge in [-0.3, -0.25) is 0 Å². The van der Waals surface area contributed by atoms with Gasteiger partial charge in [0.05, 0.1) is 13.2 Å². The third kappa shape index (κ3) is 3.85. The molecule has 1 aromatic heterocycles. The summed E-state index contributed by atoms with van der Waals surface area (Å²) < 4.78 is 37.1. The summed E-state index contributed by atoms with van der Waals surface area (Å²) in [4.78, 5) is 0. The van der Waals surface area contributed by atoms with Crippen molar-refractivity contribution in [2.75, 3.05) is 26.8 Å². The topological polar surface area (TPSA) is 71.8 Å². The van der Waals surface area contributed by atoms with E-state index in [9.17, 15) is 8.42 Å². The van der Waals surface area contributed by atoms with Crippen LogP contribution in [0.4, 0.5) is 0 Å². The molecule has 0 radical (unpaired) electrons. The van der Waals surface area contributed by atoms with E-state index in [1.807, 2.05) is 6.92 Å². The molecule has 21 heavy (non-hydrogen) atoms. The van der Waals surface area contributed by atoms with Crippen molar-refractivity contribution in [1.82, 2.24) is 9.62 Å². The summed E-state index contributed by atoms with van der Waals surface area (Å²) in [6.07, 6.45) is 0.894. The molecule has 1 aromatic rings. The van der Waals surface area contributed by atoms with E-state index in [-0.39, 0.29) is 11.1 Å². The molecule has 2 atom stereocenters. The van der Waals surface area contributed by atoms with Crippen molar-refractivity contribution in [3.05, 3.63) is 17.9 Å². The molecule has 0 bridgehead atoms. The van der Waals surface area contributed by atoms with Crippen LogP contribution in [0.2, 0.25) is 0 Å². The number of hydrogen-bond donors (Lipinski definition) is 1. The smallest absolute Gasteiger partial charge is 0.276 e. The number of hydrogen-bond acceptors (Lipinski definition) is 5. The fourth-order valence-electron chi connectivity index (χ4n) is 2.69. The molecule has 0 amide bonds. The molecule has 0 spiro atoms. The third-order valence-electron chi connectivity index (χ3n) is 3.71. The van der Waals surface area contributed by atoms with Crippen LogP contribution in [0, 0.1) is 5.92 Å². The lowest BCUT2D eigenvalue weighted by Crippen LogP contribution is -2.33. The van der Waals surface area contributed by atoms with Gasteiger partial charge in [-0.15, -0.1) is 0 Å². The van der Waals surface area contributed by atoms with Crippen molar-refractivity contribution < 1.29 is 17.6 Å². The maximum absolute atomic E-state index is 12.6. The summed E-state index contributed by atoms with van der Waals surface area (Å²) in [6, 6.07) is 3.27. The average Bonchev–Trinajstić information content (AvgIpc) is 3.02. The molecule has 1 aliphatic rings. The van der Waals surface area contributed by atoms with Gasteiger partial charge in [-0.25, -0.2) is 8.42 Å². The Morgan fingerprint density at radius 1 is 1.43 bits per heavy atom. The fraction of sp³-hybridized carbons (Fsp3) is 0.714. The molecule has 2 rings (SSSR count). The summed E-state index contributed by atoms with van der Waals surface area (Å²) in [5.41, 5.74) is 0. The van der Waals surface area contributed by atoms with Gasteiger partial charge in [0.1, 0.15) is 5.76 Å². The second-order valence-corrected chi connectivity index (χ2v) is 7.48. The van der Waals surface area contributed by atoms with Crippen LogP contribution in [-0.4, -0.2) is 45.6 Å². The molecule has 2 unspecified atom stereocenters. The Kier molecular flexibility index (Phi) is 5.43. The predicted molar refractivity (Wildman–Crippen MR) is 79.4 cm³/mol. The zero-order valence-electron chi connectivity index (χ0n) is 12.8. The number of furan rings is 1. The van der Waals surface area contributed by atoms with Gasteiger partial charge in [0.2, 0.25) is 5.09 Å². The van der Waals surface area contributed by atoms with Crippen LogP contribution in [0.15, 0.2) is 21.6 Å². The van der Waals surface area contributed by atoms with Crippen LogP contribution < -0.4 is 5.32 Å². The number of sulfonamides is 1. The molecule has 1 fully saturated rings. The van der Waals surface area contributed by atoms with Crippen molar-refractivity contribution in [2.45, 2.75) is 37.9 Å². The van der Waals surface area contributed by atoms with Gasteiger partial charge in [-0.05, 0) is 31.4 Å². The van der Waals surface area contributed by atoms with Crippen LogP contribution in [-0.2, 0) is 21.3 Å². The van der Waals surface area contributed by atoms with Gasteiger partial charge in [0.25, 0.3) is 10.0 Å². The fourth-order valence-corrected chi connectivity index (χ4v) is 4.38. The van der Waals surface area contributed by atoms with Crippen molar-refractivity contribution in [3.8, 4) is 0 Å². The van der Waals surface area contributed by atoms with E-state index in [2.05, 4.69) is 12.2 Å². The second-order valence-electron chi connectivity index (χ2n) is 5.65. The molecule has 6 nitrogen and oxygen atoms in total. The van der Waals surface area contributed by atoms with Crippen LogP contribution in [0.25, 0.3) is 0 Å². The minimum Gasteiger partial charge on any atom is -0.447 e. The van der Waals surface area contributed by atoms with E-state index in [4.69, 9.17) is 9.15 Å². The monoisotopic (exact) mass is 316 g/mol. The lowest BCUT2D eigenvalue weighted by molar-refractivity contribution is 0.198. The van der Waals surface area contributed by atoms with E-state index in [0.29, 0.717) is 37.9 Å². The first-order valence-electron chi connectivity index (χ1n) is 7.25. The van der Waals surface area contributed by atoms with Crippen LogP contribution in [0.5, 0.6) is 0 Å². The van der Waals surface area contributed by atoms with Crippen molar-refractivity contribution in [2.24, 2.45) is 5.92 Å². The number of methoxy groups -OCH3 is 1. The number of nitrogens with one attached hydrogen (secondary N) is 1. The van der Waals surface area contributed by atoms with Gasteiger partial charge in [0.15, 0.2) is 0 Å². The lowest BCUT2D eigenvalue weighted by Gasteiger charge is -2.19. The van der Waals surface area contributed by atoms with Crippen LogP contribution in [0.3, 0.4) is 0 Å². The summed E-state index contributed by atoms with van der Waals surface area (Å²) in [6.45, 7) is 6.36. The zero-order chi connectivity index (χ0) is 15.5. The normalized spacial score (nSPS) is 23.8. The molecule has 2 heterocycles. The van der Waals surface area contributed by atoms with Gasteiger partial charge in [-0.2, -0.15) is 4.31 Å².